The van der Waals surface area contributed by atoms with Gasteiger partial charge in [-0.3, -0.25) is 4.55 Å². The molecule has 138 valence electrons. The maximum Gasteiger partial charge on any atom is 0.294 e. The maximum absolute atomic E-state index is 10.5. The number of rotatable bonds is 5. The third kappa shape index (κ3) is 7.25. The first-order valence-electron chi connectivity index (χ1n) is 8.07. The molecule has 1 N–H and O–H groups in total. The average Bonchev–Trinajstić information content (AvgIpc) is 2.55. The highest BCUT2D eigenvalue weighted by molar-refractivity contribution is 7.85. The molecule has 0 aromatic heterocycles. The SMILES string of the molecule is CC[N+](C)(C)Cc1ccccc1OC.Cc1ccc(S(=O)(=O)O)cc1. The minimum absolute atomic E-state index is 0.0666. The number of hydrogen-bond acceptors (Lipinski definition) is 3. The molecule has 0 aliphatic rings. The Morgan fingerprint density at radius 2 is 1.60 bits per heavy atom. The molecule has 2 rings (SSSR count). The molecule has 0 spiro atoms. The van der Waals surface area contributed by atoms with Crippen LogP contribution in [0.3, 0.4) is 0 Å². The molecule has 0 saturated carbocycles. The van der Waals surface area contributed by atoms with Gasteiger partial charge in [0, 0.05) is 5.56 Å². The van der Waals surface area contributed by atoms with Crippen LogP contribution >= 0.6 is 0 Å². The van der Waals surface area contributed by atoms with Crippen molar-refractivity contribution in [3.63, 3.8) is 0 Å². The fourth-order valence-electron chi connectivity index (χ4n) is 2.12. The summed E-state index contributed by atoms with van der Waals surface area (Å²) < 4.78 is 35.9. The predicted molar refractivity (Wildman–Crippen MR) is 100 cm³/mol. The minimum Gasteiger partial charge on any atom is -0.496 e. The number of benzene rings is 2. The van der Waals surface area contributed by atoms with Crippen molar-refractivity contribution in [2.24, 2.45) is 0 Å². The van der Waals surface area contributed by atoms with E-state index in [2.05, 4.69) is 33.2 Å². The van der Waals surface area contributed by atoms with E-state index in [0.29, 0.717) is 0 Å². The normalized spacial score (nSPS) is 11.4. The van der Waals surface area contributed by atoms with E-state index in [4.69, 9.17) is 9.29 Å². The van der Waals surface area contributed by atoms with Crippen LogP contribution in [0, 0.1) is 6.92 Å². The maximum atomic E-state index is 10.5. The van der Waals surface area contributed by atoms with Crippen molar-refractivity contribution in [2.75, 3.05) is 27.7 Å². The molecular formula is C19H28NO4S+. The van der Waals surface area contributed by atoms with Crippen LogP contribution in [-0.4, -0.2) is 45.2 Å². The van der Waals surface area contributed by atoms with Crippen molar-refractivity contribution in [1.29, 1.82) is 0 Å². The molecule has 0 aliphatic heterocycles. The second-order valence-electron chi connectivity index (χ2n) is 6.51. The standard InChI is InChI=1S/C12H20NO.C7H8O3S/c1-5-13(2,3)10-11-8-6-7-9-12(11)14-4;1-6-2-4-7(5-3-6)11(8,9)10/h6-9H,5,10H2,1-4H3;2-5H,1H3,(H,8,9,10)/q+1;. The van der Waals surface area contributed by atoms with Crippen LogP contribution in [0.1, 0.15) is 18.1 Å². The van der Waals surface area contributed by atoms with Gasteiger partial charge in [-0.2, -0.15) is 8.42 Å². The summed E-state index contributed by atoms with van der Waals surface area (Å²) >= 11 is 0. The summed E-state index contributed by atoms with van der Waals surface area (Å²) in [6.45, 7) is 6.18. The summed E-state index contributed by atoms with van der Waals surface area (Å²) in [6, 6.07) is 14.2. The zero-order valence-corrected chi connectivity index (χ0v) is 16.4. The number of methoxy groups -OCH3 is 1. The van der Waals surface area contributed by atoms with Crippen molar-refractivity contribution in [3.8, 4) is 5.75 Å². The van der Waals surface area contributed by atoms with Crippen molar-refractivity contribution >= 4 is 10.1 Å². The Kier molecular flexibility index (Phi) is 7.60. The smallest absolute Gasteiger partial charge is 0.294 e. The van der Waals surface area contributed by atoms with Gasteiger partial charge in [0.1, 0.15) is 12.3 Å². The van der Waals surface area contributed by atoms with Crippen molar-refractivity contribution in [3.05, 3.63) is 59.7 Å². The lowest BCUT2D eigenvalue weighted by atomic mass is 10.2. The van der Waals surface area contributed by atoms with E-state index in [0.717, 1.165) is 28.9 Å². The first-order chi connectivity index (χ1) is 11.6. The second-order valence-corrected chi connectivity index (χ2v) is 7.93. The van der Waals surface area contributed by atoms with Gasteiger partial charge in [0.2, 0.25) is 0 Å². The third-order valence-electron chi connectivity index (χ3n) is 3.97. The topological polar surface area (TPSA) is 63.6 Å². The van der Waals surface area contributed by atoms with Crippen LogP contribution in [0.5, 0.6) is 5.75 Å². The number of para-hydroxylation sites is 1. The minimum atomic E-state index is -4.02. The van der Waals surface area contributed by atoms with Crippen LogP contribution in [0.2, 0.25) is 0 Å². The van der Waals surface area contributed by atoms with Gasteiger partial charge in [0.05, 0.1) is 32.6 Å². The van der Waals surface area contributed by atoms with Gasteiger partial charge < -0.3 is 9.22 Å². The van der Waals surface area contributed by atoms with Gasteiger partial charge in [-0.15, -0.1) is 0 Å². The number of hydrogen-bond donors (Lipinski definition) is 1. The molecule has 0 radical (unpaired) electrons. The van der Waals surface area contributed by atoms with Gasteiger partial charge in [-0.1, -0.05) is 29.8 Å². The number of ether oxygens (including phenoxy) is 1. The van der Waals surface area contributed by atoms with Crippen molar-refractivity contribution < 1.29 is 22.2 Å². The largest absolute Gasteiger partial charge is 0.496 e. The van der Waals surface area contributed by atoms with Crippen LogP contribution in [-0.2, 0) is 16.7 Å². The predicted octanol–water partition coefficient (Wildman–Crippen LogP) is 3.53. The first-order valence-corrected chi connectivity index (χ1v) is 9.51. The molecule has 6 heteroatoms. The van der Waals surface area contributed by atoms with E-state index < -0.39 is 10.1 Å². The van der Waals surface area contributed by atoms with Gasteiger partial charge in [-0.05, 0) is 38.1 Å². The molecule has 0 atom stereocenters. The van der Waals surface area contributed by atoms with Crippen LogP contribution in [0.4, 0.5) is 0 Å². The fraction of sp³-hybridized carbons (Fsp3) is 0.368. The molecule has 2 aromatic carbocycles. The molecule has 0 aliphatic carbocycles. The number of aryl methyl sites for hydroxylation is 1. The Hall–Kier alpha value is -1.89. The quantitative estimate of drug-likeness (QED) is 0.649. The second kappa shape index (κ2) is 8.99. The molecule has 2 aromatic rings. The summed E-state index contributed by atoms with van der Waals surface area (Å²) in [5.74, 6) is 0.993. The van der Waals surface area contributed by atoms with Crippen LogP contribution in [0.25, 0.3) is 0 Å². The summed E-state index contributed by atoms with van der Waals surface area (Å²) in [6.07, 6.45) is 0. The highest BCUT2D eigenvalue weighted by Gasteiger charge is 2.15. The molecule has 0 bridgehead atoms. The Bertz CT molecular complexity index is 768. The summed E-state index contributed by atoms with van der Waals surface area (Å²) in [4.78, 5) is -0.0666. The molecule has 25 heavy (non-hydrogen) atoms. The Balaban J connectivity index is 0.000000257. The van der Waals surface area contributed by atoms with E-state index in [9.17, 15) is 8.42 Å². The fourth-order valence-corrected chi connectivity index (χ4v) is 2.60. The van der Waals surface area contributed by atoms with Gasteiger partial charge >= 0.3 is 0 Å². The van der Waals surface area contributed by atoms with Gasteiger partial charge in [0.25, 0.3) is 10.1 Å². The molecular weight excluding hydrogens is 338 g/mol. The van der Waals surface area contributed by atoms with Gasteiger partial charge in [-0.25, -0.2) is 0 Å². The number of nitrogens with zero attached hydrogens (tertiary/aromatic N) is 1. The van der Waals surface area contributed by atoms with Crippen LogP contribution in [0.15, 0.2) is 53.4 Å². The molecule has 5 nitrogen and oxygen atoms in total. The lowest BCUT2D eigenvalue weighted by molar-refractivity contribution is -0.901. The molecule has 0 saturated heterocycles. The Morgan fingerprint density at radius 3 is 2.08 bits per heavy atom. The van der Waals surface area contributed by atoms with E-state index in [1.54, 1.807) is 19.2 Å². The monoisotopic (exact) mass is 366 g/mol. The molecule has 0 heterocycles. The van der Waals surface area contributed by atoms with Crippen molar-refractivity contribution in [2.45, 2.75) is 25.3 Å². The van der Waals surface area contributed by atoms with E-state index >= 15 is 0 Å². The molecule has 0 amide bonds. The van der Waals surface area contributed by atoms with Gasteiger partial charge in [0.15, 0.2) is 0 Å². The first kappa shape index (κ1) is 21.2. The lowest BCUT2D eigenvalue weighted by Crippen LogP contribution is -2.38. The van der Waals surface area contributed by atoms with E-state index in [1.807, 2.05) is 19.1 Å². The molecule has 0 fully saturated rings. The zero-order chi connectivity index (χ0) is 19.1. The lowest BCUT2D eigenvalue weighted by Gasteiger charge is -2.28. The van der Waals surface area contributed by atoms with Crippen LogP contribution < -0.4 is 4.74 Å². The number of quaternary nitrogens is 1. The molecule has 0 unspecified atom stereocenters. The Morgan fingerprint density at radius 1 is 1.04 bits per heavy atom. The summed E-state index contributed by atoms with van der Waals surface area (Å²) in [5, 5.41) is 0. The van der Waals surface area contributed by atoms with E-state index in [-0.39, 0.29) is 4.90 Å². The average molecular weight is 367 g/mol. The Labute approximate surface area is 151 Å². The third-order valence-corrected chi connectivity index (χ3v) is 4.83. The van der Waals surface area contributed by atoms with Crippen molar-refractivity contribution in [1.82, 2.24) is 0 Å². The summed E-state index contributed by atoms with van der Waals surface area (Å²) in [5.41, 5.74) is 2.24. The summed E-state index contributed by atoms with van der Waals surface area (Å²) in [7, 11) is 2.16. The van der Waals surface area contributed by atoms with E-state index in [1.165, 1.54) is 17.7 Å². The highest BCUT2D eigenvalue weighted by Crippen LogP contribution is 2.20. The highest BCUT2D eigenvalue weighted by atomic mass is 32.2. The zero-order valence-electron chi connectivity index (χ0n) is 15.6.